The fourth-order valence-electron chi connectivity index (χ4n) is 5.95. The van der Waals surface area contributed by atoms with Gasteiger partial charge in [-0.15, -0.1) is 0 Å². The molecule has 0 bridgehead atoms. The van der Waals surface area contributed by atoms with E-state index in [2.05, 4.69) is 6.08 Å². The molecule has 0 radical (unpaired) electrons. The Morgan fingerprint density at radius 3 is 2.15 bits per heavy atom. The largest absolute Gasteiger partial charge is 0.466 e. The van der Waals surface area contributed by atoms with Crippen LogP contribution < -0.4 is 0 Å². The molecule has 8 nitrogen and oxygen atoms in total. The van der Waals surface area contributed by atoms with Gasteiger partial charge in [-0.3, -0.25) is 0 Å². The third-order valence-electron chi connectivity index (χ3n) is 7.78. The highest BCUT2D eigenvalue weighted by atomic mass is 16.5. The molecule has 40 heavy (non-hydrogen) atoms. The summed E-state index contributed by atoms with van der Waals surface area (Å²) in [6.45, 7) is 0. The quantitative estimate of drug-likeness (QED) is 0.303. The number of hydrogen-bond donors (Lipinski definition) is 0. The van der Waals surface area contributed by atoms with E-state index >= 15 is 0 Å². The lowest BCUT2D eigenvalue weighted by atomic mass is 9.67. The van der Waals surface area contributed by atoms with Crippen molar-refractivity contribution in [3.8, 4) is 11.1 Å². The molecule has 0 saturated heterocycles. The van der Waals surface area contributed by atoms with E-state index in [0.29, 0.717) is 23.1 Å². The van der Waals surface area contributed by atoms with Crippen molar-refractivity contribution in [3.63, 3.8) is 0 Å². The average molecular weight is 541 g/mol. The van der Waals surface area contributed by atoms with Crippen molar-refractivity contribution in [2.24, 2.45) is 11.8 Å². The minimum Gasteiger partial charge on any atom is -0.466 e. The molecule has 0 amide bonds. The van der Waals surface area contributed by atoms with Crippen molar-refractivity contribution >= 4 is 29.5 Å². The van der Waals surface area contributed by atoms with Gasteiger partial charge in [0.2, 0.25) is 0 Å². The molecule has 0 N–H and O–H groups in total. The number of carbonyl (C=O) groups excluding carboxylic acids is 4. The van der Waals surface area contributed by atoms with Gasteiger partial charge < -0.3 is 18.9 Å². The zero-order valence-corrected chi connectivity index (χ0v) is 22.6. The van der Waals surface area contributed by atoms with E-state index < -0.39 is 23.9 Å². The molecule has 5 rings (SSSR count). The fourth-order valence-corrected chi connectivity index (χ4v) is 5.95. The molecular weight excluding hydrogens is 512 g/mol. The van der Waals surface area contributed by atoms with Crippen LogP contribution in [0.1, 0.15) is 23.5 Å². The second-order valence-corrected chi connectivity index (χ2v) is 9.65. The Hall–Kier alpha value is -4.72. The van der Waals surface area contributed by atoms with Crippen LogP contribution in [0.5, 0.6) is 0 Å². The van der Waals surface area contributed by atoms with Crippen LogP contribution in [0.25, 0.3) is 16.7 Å². The molecule has 204 valence electrons. The van der Waals surface area contributed by atoms with Gasteiger partial charge in [0.25, 0.3) is 0 Å². The van der Waals surface area contributed by atoms with E-state index in [4.69, 9.17) is 18.9 Å². The van der Waals surface area contributed by atoms with Crippen molar-refractivity contribution in [1.29, 1.82) is 0 Å². The highest BCUT2D eigenvalue weighted by molar-refractivity contribution is 6.22. The maximum atomic E-state index is 12.7. The molecule has 0 heterocycles. The van der Waals surface area contributed by atoms with Gasteiger partial charge in [0.05, 0.1) is 45.2 Å². The van der Waals surface area contributed by atoms with Crippen LogP contribution in [-0.2, 0) is 38.1 Å². The van der Waals surface area contributed by atoms with Gasteiger partial charge in [-0.1, -0.05) is 54.6 Å². The Morgan fingerprint density at radius 1 is 0.800 bits per heavy atom. The van der Waals surface area contributed by atoms with Crippen LogP contribution in [0, 0.1) is 11.8 Å². The lowest BCUT2D eigenvalue weighted by molar-refractivity contribution is -0.142. The number of methoxy groups -OCH3 is 4. The van der Waals surface area contributed by atoms with Crippen LogP contribution in [-0.4, -0.2) is 52.3 Å². The summed E-state index contributed by atoms with van der Waals surface area (Å²) < 4.78 is 19.7. The predicted molar refractivity (Wildman–Crippen MR) is 146 cm³/mol. The Morgan fingerprint density at radius 2 is 1.48 bits per heavy atom. The van der Waals surface area contributed by atoms with E-state index in [9.17, 15) is 19.2 Å². The minimum absolute atomic E-state index is 0.0968. The number of carbonyl (C=O) groups is 4. The summed E-state index contributed by atoms with van der Waals surface area (Å²) in [5, 5.41) is 0. The molecule has 0 aliphatic heterocycles. The summed E-state index contributed by atoms with van der Waals surface area (Å²) in [6, 6.07) is 11.4. The molecule has 0 unspecified atom stereocenters. The molecule has 0 fully saturated rings. The van der Waals surface area contributed by atoms with Crippen molar-refractivity contribution in [3.05, 3.63) is 100 Å². The number of esters is 4. The van der Waals surface area contributed by atoms with E-state index in [0.717, 1.165) is 33.9 Å². The third kappa shape index (κ3) is 4.35. The summed E-state index contributed by atoms with van der Waals surface area (Å²) >= 11 is 0. The van der Waals surface area contributed by atoms with Crippen molar-refractivity contribution < 1.29 is 38.1 Å². The van der Waals surface area contributed by atoms with Crippen LogP contribution >= 0.6 is 0 Å². The monoisotopic (exact) mass is 540 g/mol. The zero-order valence-electron chi connectivity index (χ0n) is 22.6. The minimum atomic E-state index is -0.665. The Kier molecular flexibility index (Phi) is 7.26. The Labute approximate surface area is 231 Å². The molecule has 5 aliphatic rings. The summed E-state index contributed by atoms with van der Waals surface area (Å²) in [5.74, 6) is -2.89. The highest BCUT2D eigenvalue weighted by Gasteiger charge is 2.52. The molecule has 0 aromatic rings. The smallest absolute Gasteiger partial charge is 0.338 e. The second kappa shape index (κ2) is 10.8. The van der Waals surface area contributed by atoms with Gasteiger partial charge in [-0.25, -0.2) is 19.2 Å². The first-order valence-corrected chi connectivity index (χ1v) is 12.7. The van der Waals surface area contributed by atoms with Gasteiger partial charge in [0.15, 0.2) is 0 Å². The third-order valence-corrected chi connectivity index (χ3v) is 7.78. The molecule has 0 saturated carbocycles. The van der Waals surface area contributed by atoms with E-state index in [1.165, 1.54) is 28.4 Å². The lowest BCUT2D eigenvalue weighted by Crippen LogP contribution is -2.37. The molecule has 0 aromatic heterocycles. The summed E-state index contributed by atoms with van der Waals surface area (Å²) in [7, 11) is 5.12. The van der Waals surface area contributed by atoms with Crippen LogP contribution in [0.15, 0.2) is 89.1 Å². The lowest BCUT2D eigenvalue weighted by Gasteiger charge is -2.35. The van der Waals surface area contributed by atoms with E-state index in [1.807, 2.05) is 54.6 Å². The SMILES string of the molecule is COC(=O)/C=C(/C(=O)OC)c1cc([C@H]2C=CC3=C(C=C2)[C@H]2C(C(=O)OC)=C(C(=O)OC)[C@H]2C3)c2cccccc1-2. The first kappa shape index (κ1) is 26.9. The maximum absolute atomic E-state index is 12.7. The van der Waals surface area contributed by atoms with Crippen molar-refractivity contribution in [1.82, 2.24) is 0 Å². The number of fused-ring (bicyclic) bond motifs is 3. The van der Waals surface area contributed by atoms with E-state index in [-0.39, 0.29) is 23.3 Å². The van der Waals surface area contributed by atoms with E-state index in [1.54, 1.807) is 0 Å². The maximum Gasteiger partial charge on any atom is 0.338 e. The van der Waals surface area contributed by atoms with Gasteiger partial charge in [-0.2, -0.15) is 0 Å². The normalized spacial score (nSPS) is 21.3. The molecular formula is C32H28O8. The second-order valence-electron chi connectivity index (χ2n) is 9.65. The average Bonchev–Trinajstić information content (AvgIpc) is 3.22. The zero-order chi connectivity index (χ0) is 28.6. The summed E-state index contributed by atoms with van der Waals surface area (Å²) in [5.41, 5.74) is 6.02. The van der Waals surface area contributed by atoms with Crippen molar-refractivity contribution in [2.75, 3.05) is 28.4 Å². The molecule has 0 spiro atoms. The fraction of sp³-hybridized carbons (Fsp3) is 0.250. The van der Waals surface area contributed by atoms with Crippen LogP contribution in [0.2, 0.25) is 0 Å². The Bertz CT molecular complexity index is 1550. The Balaban J connectivity index is 1.56. The van der Waals surface area contributed by atoms with Crippen molar-refractivity contribution in [2.45, 2.75) is 12.3 Å². The van der Waals surface area contributed by atoms with Gasteiger partial charge >= 0.3 is 23.9 Å². The topological polar surface area (TPSA) is 105 Å². The standard InChI is InChI=1S/C32H28O8/c1-37-26(33)16-24(30(34)38-2)23-15-22(20-8-6-5-7-9-21(20)23)17-10-11-18-14-25-27(19(18)13-12-17)29(32(36)40-4)28(25)31(35)39-3/h5-13,15-17,25,27H,14H2,1-4H3/b24-16+/t17-,25-,27+/m0/s1. The molecule has 5 aliphatic carbocycles. The molecule has 8 heteroatoms. The number of allylic oxidation sites excluding steroid dienone is 6. The van der Waals surface area contributed by atoms with Gasteiger partial charge in [-0.05, 0) is 45.9 Å². The van der Waals surface area contributed by atoms with Crippen LogP contribution in [0.3, 0.4) is 0 Å². The first-order chi connectivity index (χ1) is 19.3. The number of ether oxygens (including phenoxy) is 4. The van der Waals surface area contributed by atoms with Crippen LogP contribution in [0.4, 0.5) is 0 Å². The van der Waals surface area contributed by atoms with Gasteiger partial charge in [0, 0.05) is 23.8 Å². The molecule has 3 atom stereocenters. The molecule has 0 aromatic carbocycles. The summed E-state index contributed by atoms with van der Waals surface area (Å²) in [4.78, 5) is 49.9. The number of hydrogen-bond acceptors (Lipinski definition) is 8. The predicted octanol–water partition coefficient (Wildman–Crippen LogP) is 4.32. The summed E-state index contributed by atoms with van der Waals surface area (Å²) in [6.07, 6.45) is 9.90. The number of rotatable bonds is 6. The van der Waals surface area contributed by atoms with Gasteiger partial charge in [0.1, 0.15) is 0 Å². The first-order valence-electron chi connectivity index (χ1n) is 12.7. The highest BCUT2D eigenvalue weighted by Crippen LogP contribution is 2.56.